The fourth-order valence-corrected chi connectivity index (χ4v) is 2.84. The summed E-state index contributed by atoms with van der Waals surface area (Å²) in [6.45, 7) is 3.97. The van der Waals surface area contributed by atoms with Gasteiger partial charge in [0.05, 0.1) is 11.9 Å². The molecule has 1 amide bonds. The minimum absolute atomic E-state index is 0.244. The highest BCUT2D eigenvalue weighted by atomic mass is 32.2. The first-order chi connectivity index (χ1) is 7.43. The van der Waals surface area contributed by atoms with Crippen LogP contribution in [0.4, 0.5) is 0 Å². The fourth-order valence-electron chi connectivity index (χ4n) is 1.69. The minimum atomic E-state index is -0.949. The average molecular weight is 246 g/mol. The maximum atomic E-state index is 11.9. The molecule has 0 aliphatic carbocycles. The Hall–Kier alpha value is -0.750. The summed E-state index contributed by atoms with van der Waals surface area (Å²) < 4.78 is 0. The van der Waals surface area contributed by atoms with Gasteiger partial charge >= 0.3 is 5.97 Å². The molecule has 0 aromatic rings. The van der Waals surface area contributed by atoms with Gasteiger partial charge in [0.1, 0.15) is 6.04 Å². The number of thioether (sulfide) groups is 1. The molecule has 2 atom stereocenters. The van der Waals surface area contributed by atoms with Crippen LogP contribution in [0.1, 0.15) is 20.3 Å². The van der Waals surface area contributed by atoms with E-state index in [0.717, 1.165) is 0 Å². The Balaban J connectivity index is 2.62. The number of nitrogens with two attached hydrogens (primary N) is 1. The molecule has 0 radical (unpaired) electrons. The monoisotopic (exact) mass is 246 g/mol. The molecule has 1 saturated heterocycles. The third-order valence-electron chi connectivity index (χ3n) is 2.49. The van der Waals surface area contributed by atoms with Crippen molar-refractivity contribution in [2.75, 3.05) is 11.6 Å². The summed E-state index contributed by atoms with van der Waals surface area (Å²) in [6, 6.07) is -1.30. The van der Waals surface area contributed by atoms with Gasteiger partial charge in [-0.3, -0.25) is 4.79 Å². The Kier molecular flexibility index (Phi) is 4.61. The minimum Gasteiger partial charge on any atom is -0.480 e. The first-order valence-electron chi connectivity index (χ1n) is 5.30. The molecule has 3 N–H and O–H groups in total. The Morgan fingerprint density at radius 3 is 2.69 bits per heavy atom. The lowest BCUT2D eigenvalue weighted by molar-refractivity contribution is -0.148. The van der Waals surface area contributed by atoms with Crippen LogP contribution in [0, 0.1) is 5.92 Å². The van der Waals surface area contributed by atoms with Gasteiger partial charge in [-0.05, 0) is 12.3 Å². The molecule has 0 aromatic heterocycles. The Morgan fingerprint density at radius 2 is 2.19 bits per heavy atom. The Labute approximate surface area is 99.4 Å². The maximum absolute atomic E-state index is 11.9. The SMILES string of the molecule is CC(C)CC(N)C(=O)N1CSC[C@H]1C(=O)O. The number of hydrogen-bond donors (Lipinski definition) is 2. The summed E-state index contributed by atoms with van der Waals surface area (Å²) >= 11 is 1.45. The van der Waals surface area contributed by atoms with Crippen molar-refractivity contribution in [3.8, 4) is 0 Å². The van der Waals surface area contributed by atoms with E-state index in [9.17, 15) is 9.59 Å². The van der Waals surface area contributed by atoms with E-state index in [4.69, 9.17) is 10.8 Å². The molecule has 1 unspecified atom stereocenters. The normalized spacial score (nSPS) is 22.5. The zero-order valence-electron chi connectivity index (χ0n) is 9.55. The summed E-state index contributed by atoms with van der Waals surface area (Å²) in [5.74, 6) is 0.0236. The summed E-state index contributed by atoms with van der Waals surface area (Å²) in [6.07, 6.45) is 0.590. The van der Waals surface area contributed by atoms with Crippen molar-refractivity contribution in [3.63, 3.8) is 0 Å². The van der Waals surface area contributed by atoms with Crippen molar-refractivity contribution in [3.05, 3.63) is 0 Å². The molecule has 0 saturated carbocycles. The van der Waals surface area contributed by atoms with Gasteiger partial charge < -0.3 is 15.7 Å². The molecule has 5 nitrogen and oxygen atoms in total. The van der Waals surface area contributed by atoms with Crippen LogP contribution in [0.25, 0.3) is 0 Å². The second-order valence-corrected chi connectivity index (χ2v) is 5.40. The topological polar surface area (TPSA) is 83.6 Å². The van der Waals surface area contributed by atoms with Crippen LogP contribution in [0.2, 0.25) is 0 Å². The molecule has 1 aliphatic rings. The fraction of sp³-hybridized carbons (Fsp3) is 0.800. The summed E-state index contributed by atoms with van der Waals surface area (Å²) in [5, 5.41) is 8.95. The second-order valence-electron chi connectivity index (χ2n) is 4.40. The van der Waals surface area contributed by atoms with Crippen molar-refractivity contribution >= 4 is 23.6 Å². The van der Waals surface area contributed by atoms with E-state index in [2.05, 4.69) is 0 Å². The van der Waals surface area contributed by atoms with Gasteiger partial charge in [0, 0.05) is 5.75 Å². The number of carbonyl (C=O) groups is 2. The molecule has 0 aromatic carbocycles. The molecular formula is C10H18N2O3S. The molecule has 0 spiro atoms. The molecule has 1 rings (SSSR count). The van der Waals surface area contributed by atoms with E-state index in [0.29, 0.717) is 24.0 Å². The van der Waals surface area contributed by atoms with Crippen molar-refractivity contribution < 1.29 is 14.7 Å². The largest absolute Gasteiger partial charge is 0.480 e. The van der Waals surface area contributed by atoms with Crippen molar-refractivity contribution in [1.29, 1.82) is 0 Å². The third-order valence-corrected chi connectivity index (χ3v) is 3.51. The zero-order valence-corrected chi connectivity index (χ0v) is 10.4. The molecule has 1 fully saturated rings. The van der Waals surface area contributed by atoms with Crippen LogP contribution in [-0.4, -0.2) is 45.6 Å². The summed E-state index contributed by atoms with van der Waals surface area (Å²) in [4.78, 5) is 24.2. The van der Waals surface area contributed by atoms with E-state index < -0.39 is 18.1 Å². The molecular weight excluding hydrogens is 228 g/mol. The van der Waals surface area contributed by atoms with Gasteiger partial charge in [-0.2, -0.15) is 0 Å². The van der Waals surface area contributed by atoms with E-state index in [1.165, 1.54) is 16.7 Å². The van der Waals surface area contributed by atoms with Gasteiger partial charge in [-0.15, -0.1) is 11.8 Å². The predicted molar refractivity (Wildman–Crippen MR) is 63.0 cm³/mol. The summed E-state index contributed by atoms with van der Waals surface area (Å²) in [5.41, 5.74) is 5.77. The molecule has 1 heterocycles. The van der Waals surface area contributed by atoms with Gasteiger partial charge in [0.2, 0.25) is 5.91 Å². The molecule has 0 bridgehead atoms. The second kappa shape index (κ2) is 5.54. The molecule has 1 aliphatic heterocycles. The number of aliphatic carboxylic acids is 1. The number of hydrogen-bond acceptors (Lipinski definition) is 4. The summed E-state index contributed by atoms with van der Waals surface area (Å²) in [7, 11) is 0. The number of nitrogens with zero attached hydrogens (tertiary/aromatic N) is 1. The first-order valence-corrected chi connectivity index (χ1v) is 6.45. The number of carbonyl (C=O) groups excluding carboxylic acids is 1. The molecule has 16 heavy (non-hydrogen) atoms. The quantitative estimate of drug-likeness (QED) is 0.747. The number of carboxylic acids is 1. The zero-order chi connectivity index (χ0) is 12.3. The van der Waals surface area contributed by atoms with Crippen LogP contribution in [0.5, 0.6) is 0 Å². The van der Waals surface area contributed by atoms with E-state index in [1.807, 2.05) is 13.8 Å². The number of rotatable bonds is 4. The Morgan fingerprint density at radius 1 is 1.56 bits per heavy atom. The van der Waals surface area contributed by atoms with E-state index in [1.54, 1.807) is 0 Å². The lowest BCUT2D eigenvalue weighted by Crippen LogP contribution is -2.49. The van der Waals surface area contributed by atoms with Gasteiger partial charge in [0.25, 0.3) is 0 Å². The Bertz CT molecular complexity index is 283. The van der Waals surface area contributed by atoms with E-state index in [-0.39, 0.29) is 5.91 Å². The van der Waals surface area contributed by atoms with Gasteiger partial charge in [-0.25, -0.2) is 4.79 Å². The average Bonchev–Trinajstić information content (AvgIpc) is 2.63. The highest BCUT2D eigenvalue weighted by Crippen LogP contribution is 2.22. The molecule has 6 heteroatoms. The highest BCUT2D eigenvalue weighted by molar-refractivity contribution is 7.99. The number of carboxylic acid groups (broad SMARTS) is 1. The van der Waals surface area contributed by atoms with Crippen molar-refractivity contribution in [1.82, 2.24) is 4.90 Å². The van der Waals surface area contributed by atoms with Gasteiger partial charge in [0.15, 0.2) is 0 Å². The van der Waals surface area contributed by atoms with Gasteiger partial charge in [-0.1, -0.05) is 13.8 Å². The lowest BCUT2D eigenvalue weighted by atomic mass is 10.0. The first kappa shape index (κ1) is 13.3. The predicted octanol–water partition coefficient (Wildman–Crippen LogP) is 0.346. The smallest absolute Gasteiger partial charge is 0.327 e. The standard InChI is InChI=1S/C10H18N2O3S/c1-6(2)3-7(11)9(13)12-5-16-4-8(12)10(14)15/h6-8H,3-5,11H2,1-2H3,(H,14,15)/t7?,8-/m0/s1. The van der Waals surface area contributed by atoms with Crippen LogP contribution >= 0.6 is 11.8 Å². The third kappa shape index (κ3) is 3.12. The van der Waals surface area contributed by atoms with Crippen molar-refractivity contribution in [2.45, 2.75) is 32.4 Å². The molecule has 92 valence electrons. The highest BCUT2D eigenvalue weighted by Gasteiger charge is 2.36. The van der Waals surface area contributed by atoms with Crippen molar-refractivity contribution in [2.24, 2.45) is 11.7 Å². The van der Waals surface area contributed by atoms with Crippen LogP contribution in [0.3, 0.4) is 0 Å². The maximum Gasteiger partial charge on any atom is 0.327 e. The van der Waals surface area contributed by atoms with Crippen LogP contribution in [0.15, 0.2) is 0 Å². The lowest BCUT2D eigenvalue weighted by Gasteiger charge is -2.24. The number of amides is 1. The van der Waals surface area contributed by atoms with E-state index >= 15 is 0 Å². The van der Waals surface area contributed by atoms with Crippen LogP contribution in [-0.2, 0) is 9.59 Å². The van der Waals surface area contributed by atoms with Crippen LogP contribution < -0.4 is 5.73 Å².